The van der Waals surface area contributed by atoms with Crippen molar-refractivity contribution in [3.05, 3.63) is 65.4 Å². The molecule has 1 aromatic carbocycles. The van der Waals surface area contributed by atoms with Crippen LogP contribution in [0.25, 0.3) is 23.4 Å². The van der Waals surface area contributed by atoms with Crippen LogP contribution in [0.15, 0.2) is 48.7 Å². The lowest BCUT2D eigenvalue weighted by molar-refractivity contribution is -0.660. The minimum atomic E-state index is 1.01. The number of aryl methyl sites for hydroxylation is 2. The largest absolute Gasteiger partial charge is 0.220 e. The molecule has 1 nitrogen and oxygen atoms in total. The first-order valence-electron chi connectivity index (χ1n) is 6.69. The lowest BCUT2D eigenvalue weighted by atomic mass is 9.97. The van der Waals surface area contributed by atoms with Gasteiger partial charge in [-0.1, -0.05) is 42.5 Å². The van der Waals surface area contributed by atoms with Crippen molar-refractivity contribution in [2.75, 3.05) is 0 Å². The van der Waals surface area contributed by atoms with Crippen LogP contribution < -0.4 is 4.57 Å². The molecule has 1 aromatic heterocycles. The number of aromatic nitrogens is 1. The first kappa shape index (κ1) is 11.9. The van der Waals surface area contributed by atoms with Crippen LogP contribution in [0, 0.1) is 6.92 Å². The highest BCUT2D eigenvalue weighted by Gasteiger charge is 2.19. The molecule has 0 atom stereocenters. The number of hydrogen-bond acceptors (Lipinski definition) is 0. The van der Waals surface area contributed by atoms with Crippen LogP contribution in [0.1, 0.15) is 23.1 Å². The molecule has 0 bridgehead atoms. The number of nitrogens with zero attached hydrogens (tertiary/aromatic N) is 1. The van der Waals surface area contributed by atoms with Crippen LogP contribution in [0.2, 0.25) is 0 Å². The number of hydrogen-bond donors (Lipinski definition) is 0. The van der Waals surface area contributed by atoms with E-state index in [0.717, 1.165) is 6.42 Å². The SMILES string of the molecule is Cc1ccccc1-c1c2c(cc[n+]1C)C=CCC=C2. The molecule has 0 amide bonds. The Kier molecular flexibility index (Phi) is 3.04. The van der Waals surface area contributed by atoms with Crippen LogP contribution in [0.4, 0.5) is 0 Å². The Morgan fingerprint density at radius 3 is 2.63 bits per heavy atom. The van der Waals surface area contributed by atoms with Crippen molar-refractivity contribution < 1.29 is 4.57 Å². The fourth-order valence-corrected chi connectivity index (χ4v) is 2.64. The summed E-state index contributed by atoms with van der Waals surface area (Å²) in [6, 6.07) is 10.8. The van der Waals surface area contributed by atoms with E-state index in [1.807, 2.05) is 0 Å². The molecule has 0 aliphatic heterocycles. The van der Waals surface area contributed by atoms with Gasteiger partial charge in [0, 0.05) is 11.6 Å². The molecule has 1 heteroatoms. The number of fused-ring (bicyclic) bond motifs is 1. The summed E-state index contributed by atoms with van der Waals surface area (Å²) in [6.45, 7) is 2.17. The smallest absolute Gasteiger partial charge is 0.200 e. The van der Waals surface area contributed by atoms with Gasteiger partial charge in [0.05, 0.1) is 5.56 Å². The summed E-state index contributed by atoms with van der Waals surface area (Å²) in [7, 11) is 2.12. The molecule has 1 heterocycles. The van der Waals surface area contributed by atoms with E-state index < -0.39 is 0 Å². The van der Waals surface area contributed by atoms with E-state index in [4.69, 9.17) is 0 Å². The Balaban J connectivity index is 2.33. The number of rotatable bonds is 1. The first-order chi connectivity index (χ1) is 9.27. The molecule has 19 heavy (non-hydrogen) atoms. The van der Waals surface area contributed by atoms with E-state index in [1.165, 1.54) is 27.9 Å². The van der Waals surface area contributed by atoms with E-state index >= 15 is 0 Å². The molecular formula is C18H18N+. The Morgan fingerprint density at radius 1 is 1.00 bits per heavy atom. The van der Waals surface area contributed by atoms with E-state index in [1.54, 1.807) is 0 Å². The standard InChI is InChI=1S/C18H18N/c1-14-8-6-7-10-16(14)18-17-11-5-3-4-9-15(17)12-13-19(18)2/h4-13H,3H2,1-2H3/q+1. The third-order valence-corrected chi connectivity index (χ3v) is 3.65. The molecule has 0 radical (unpaired) electrons. The Labute approximate surface area is 114 Å². The van der Waals surface area contributed by atoms with Gasteiger partial charge in [0.2, 0.25) is 5.69 Å². The zero-order valence-electron chi connectivity index (χ0n) is 11.4. The zero-order valence-corrected chi connectivity index (χ0v) is 11.4. The zero-order chi connectivity index (χ0) is 13.2. The van der Waals surface area contributed by atoms with Gasteiger partial charge in [0.15, 0.2) is 6.20 Å². The van der Waals surface area contributed by atoms with Crippen LogP contribution in [-0.2, 0) is 7.05 Å². The first-order valence-corrected chi connectivity index (χ1v) is 6.69. The summed E-state index contributed by atoms with van der Waals surface area (Å²) in [5, 5.41) is 0. The van der Waals surface area contributed by atoms with Crippen molar-refractivity contribution in [1.82, 2.24) is 0 Å². The van der Waals surface area contributed by atoms with Crippen molar-refractivity contribution in [3.8, 4) is 11.3 Å². The predicted molar refractivity (Wildman–Crippen MR) is 80.5 cm³/mol. The highest BCUT2D eigenvalue weighted by molar-refractivity contribution is 5.78. The summed E-state index contributed by atoms with van der Waals surface area (Å²) in [5.41, 5.74) is 6.52. The summed E-state index contributed by atoms with van der Waals surface area (Å²) >= 11 is 0. The maximum Gasteiger partial charge on any atom is 0.220 e. The maximum atomic E-state index is 2.25. The molecular weight excluding hydrogens is 230 g/mol. The number of pyridine rings is 1. The van der Waals surface area contributed by atoms with Gasteiger partial charge in [0.25, 0.3) is 0 Å². The van der Waals surface area contributed by atoms with Crippen LogP contribution in [0.5, 0.6) is 0 Å². The number of allylic oxidation sites excluding steroid dienone is 2. The molecule has 0 fully saturated rings. The maximum absolute atomic E-state index is 2.25. The third-order valence-electron chi connectivity index (χ3n) is 3.65. The lowest BCUT2D eigenvalue weighted by Gasteiger charge is -2.09. The van der Waals surface area contributed by atoms with Crippen molar-refractivity contribution in [1.29, 1.82) is 0 Å². The average molecular weight is 248 g/mol. The summed E-state index contributed by atoms with van der Waals surface area (Å²) in [5.74, 6) is 0. The predicted octanol–water partition coefficient (Wildman–Crippen LogP) is 3.92. The molecule has 0 saturated heterocycles. The van der Waals surface area contributed by atoms with Gasteiger partial charge in [-0.05, 0) is 30.5 Å². The fraction of sp³-hybridized carbons (Fsp3) is 0.167. The van der Waals surface area contributed by atoms with Crippen LogP contribution in [0.3, 0.4) is 0 Å². The van der Waals surface area contributed by atoms with Gasteiger partial charge >= 0.3 is 0 Å². The molecule has 2 aromatic rings. The third kappa shape index (κ3) is 2.12. The Morgan fingerprint density at radius 2 is 1.79 bits per heavy atom. The molecule has 94 valence electrons. The number of benzene rings is 1. The normalized spacial score (nSPS) is 13.2. The van der Waals surface area contributed by atoms with Crippen molar-refractivity contribution in [2.24, 2.45) is 7.05 Å². The second kappa shape index (κ2) is 4.85. The van der Waals surface area contributed by atoms with Crippen LogP contribution in [-0.4, -0.2) is 0 Å². The Bertz CT molecular complexity index is 678. The minimum absolute atomic E-state index is 1.01. The molecule has 0 unspecified atom stereocenters. The Hall–Kier alpha value is -2.15. The topological polar surface area (TPSA) is 3.88 Å². The van der Waals surface area contributed by atoms with Crippen molar-refractivity contribution in [3.63, 3.8) is 0 Å². The van der Waals surface area contributed by atoms with Crippen molar-refractivity contribution >= 4 is 12.2 Å². The second-order valence-corrected chi connectivity index (χ2v) is 5.00. The van der Waals surface area contributed by atoms with E-state index in [0.29, 0.717) is 0 Å². The quantitative estimate of drug-likeness (QED) is 0.673. The highest BCUT2D eigenvalue weighted by atomic mass is 14.9. The van der Waals surface area contributed by atoms with Gasteiger partial charge in [-0.2, -0.15) is 0 Å². The molecule has 1 aliphatic rings. The molecule has 0 N–H and O–H groups in total. The lowest BCUT2D eigenvalue weighted by Crippen LogP contribution is -2.32. The van der Waals surface area contributed by atoms with Crippen molar-refractivity contribution in [2.45, 2.75) is 13.3 Å². The van der Waals surface area contributed by atoms with Gasteiger partial charge in [-0.3, -0.25) is 0 Å². The molecule has 0 saturated carbocycles. The fourth-order valence-electron chi connectivity index (χ4n) is 2.64. The van der Waals surface area contributed by atoms with E-state index in [2.05, 4.69) is 79.4 Å². The summed E-state index contributed by atoms with van der Waals surface area (Å²) in [4.78, 5) is 0. The minimum Gasteiger partial charge on any atom is -0.200 e. The summed E-state index contributed by atoms with van der Waals surface area (Å²) < 4.78 is 2.21. The molecule has 3 rings (SSSR count). The van der Waals surface area contributed by atoms with Gasteiger partial charge in [-0.25, -0.2) is 4.57 Å². The molecule has 0 spiro atoms. The van der Waals surface area contributed by atoms with Gasteiger partial charge in [0.1, 0.15) is 7.05 Å². The van der Waals surface area contributed by atoms with Gasteiger partial charge in [-0.15, -0.1) is 0 Å². The van der Waals surface area contributed by atoms with E-state index in [9.17, 15) is 0 Å². The molecule has 1 aliphatic carbocycles. The van der Waals surface area contributed by atoms with Crippen LogP contribution >= 0.6 is 0 Å². The van der Waals surface area contributed by atoms with E-state index in [-0.39, 0.29) is 0 Å². The monoisotopic (exact) mass is 248 g/mol. The summed E-state index contributed by atoms with van der Waals surface area (Å²) in [6.07, 6.45) is 12.1. The average Bonchev–Trinajstić information content (AvgIpc) is 2.65. The van der Waals surface area contributed by atoms with Gasteiger partial charge < -0.3 is 0 Å². The highest BCUT2D eigenvalue weighted by Crippen LogP contribution is 2.28. The second-order valence-electron chi connectivity index (χ2n) is 5.00.